The van der Waals surface area contributed by atoms with Gasteiger partial charge < -0.3 is 24.5 Å². The average molecular weight is 432 g/mol. The van der Waals surface area contributed by atoms with Crippen LogP contribution in [0.25, 0.3) is 22.4 Å². The number of esters is 1. The Morgan fingerprint density at radius 2 is 1.94 bits per heavy atom. The molecule has 2 aromatic heterocycles. The van der Waals surface area contributed by atoms with Gasteiger partial charge in [-0.25, -0.2) is 9.78 Å². The maximum Gasteiger partial charge on any atom is 0.338 e. The predicted molar refractivity (Wildman–Crippen MR) is 118 cm³/mol. The van der Waals surface area contributed by atoms with Crippen molar-refractivity contribution in [2.75, 3.05) is 26.1 Å². The smallest absolute Gasteiger partial charge is 0.338 e. The third-order valence-electron chi connectivity index (χ3n) is 4.67. The van der Waals surface area contributed by atoms with Crippen molar-refractivity contribution in [3.8, 4) is 22.9 Å². The number of ether oxygens (including phenoxy) is 3. The Morgan fingerprint density at radius 1 is 1.06 bits per heavy atom. The summed E-state index contributed by atoms with van der Waals surface area (Å²) in [6.45, 7) is -0.457. The fourth-order valence-corrected chi connectivity index (χ4v) is 3.09. The molecule has 0 atom stereocenters. The standard InChI is InChI=1S/C23H20N4O5/c1-30-16-6-8-20(31-2)19(11-16)25-21(28)13-32-23(29)14-5-7-17-18(10-14)27-22(26-17)15-4-3-9-24-12-15/h3-12H,13H2,1-2H3,(H,25,28)(H,26,27). The van der Waals surface area contributed by atoms with Crippen LogP contribution in [0, 0.1) is 0 Å². The molecule has 162 valence electrons. The molecule has 9 heteroatoms. The van der Waals surface area contributed by atoms with E-state index in [1.54, 1.807) is 48.8 Å². The van der Waals surface area contributed by atoms with Gasteiger partial charge in [0, 0.05) is 24.0 Å². The molecule has 0 fully saturated rings. The third kappa shape index (κ3) is 4.51. The van der Waals surface area contributed by atoms with Crippen molar-refractivity contribution >= 4 is 28.6 Å². The lowest BCUT2D eigenvalue weighted by atomic mass is 10.2. The second-order valence-corrected chi connectivity index (χ2v) is 6.75. The molecule has 2 heterocycles. The molecule has 1 amide bonds. The number of methoxy groups -OCH3 is 2. The van der Waals surface area contributed by atoms with Gasteiger partial charge in [0.2, 0.25) is 0 Å². The number of benzene rings is 2. The lowest BCUT2D eigenvalue weighted by Crippen LogP contribution is -2.21. The van der Waals surface area contributed by atoms with Crippen LogP contribution in [0.5, 0.6) is 11.5 Å². The van der Waals surface area contributed by atoms with Crippen LogP contribution in [-0.2, 0) is 9.53 Å². The van der Waals surface area contributed by atoms with E-state index in [1.165, 1.54) is 14.2 Å². The number of nitrogens with zero attached hydrogens (tertiary/aromatic N) is 2. The third-order valence-corrected chi connectivity index (χ3v) is 4.67. The number of anilines is 1. The van der Waals surface area contributed by atoms with Crippen LogP contribution < -0.4 is 14.8 Å². The second kappa shape index (κ2) is 9.17. The lowest BCUT2D eigenvalue weighted by molar-refractivity contribution is -0.119. The molecule has 2 aromatic carbocycles. The normalized spacial score (nSPS) is 10.6. The van der Waals surface area contributed by atoms with E-state index in [0.29, 0.717) is 39.6 Å². The van der Waals surface area contributed by atoms with Crippen LogP contribution in [0.1, 0.15) is 10.4 Å². The molecule has 0 aliphatic heterocycles. The van der Waals surface area contributed by atoms with Gasteiger partial charge in [0.05, 0.1) is 36.5 Å². The summed E-state index contributed by atoms with van der Waals surface area (Å²) in [6, 6.07) is 13.6. The van der Waals surface area contributed by atoms with Crippen molar-refractivity contribution in [1.29, 1.82) is 0 Å². The molecule has 0 bridgehead atoms. The molecule has 0 aliphatic carbocycles. The SMILES string of the molecule is COc1ccc(OC)c(NC(=O)COC(=O)c2ccc3nc(-c4cccnc4)[nH]c3c2)c1. The first-order valence-corrected chi connectivity index (χ1v) is 9.66. The highest BCUT2D eigenvalue weighted by molar-refractivity contribution is 5.98. The summed E-state index contributed by atoms with van der Waals surface area (Å²) in [6.07, 6.45) is 3.38. The van der Waals surface area contributed by atoms with E-state index in [4.69, 9.17) is 14.2 Å². The minimum absolute atomic E-state index is 0.297. The summed E-state index contributed by atoms with van der Waals surface area (Å²) in [4.78, 5) is 36.5. The topological polar surface area (TPSA) is 115 Å². The zero-order chi connectivity index (χ0) is 22.5. The first-order chi connectivity index (χ1) is 15.6. The van der Waals surface area contributed by atoms with Gasteiger partial charge in [-0.15, -0.1) is 0 Å². The Kier molecular flexibility index (Phi) is 5.98. The van der Waals surface area contributed by atoms with Crippen LogP contribution in [0.15, 0.2) is 60.9 Å². The Bertz CT molecular complexity index is 1270. The first kappa shape index (κ1) is 20.9. The highest BCUT2D eigenvalue weighted by Gasteiger charge is 2.14. The minimum atomic E-state index is -0.628. The molecule has 0 saturated heterocycles. The van der Waals surface area contributed by atoms with Crippen LogP contribution in [-0.4, -0.2) is 47.7 Å². The molecule has 9 nitrogen and oxygen atoms in total. The average Bonchev–Trinajstić information content (AvgIpc) is 3.26. The summed E-state index contributed by atoms with van der Waals surface area (Å²) in [5, 5.41) is 2.65. The fraction of sp³-hybridized carbons (Fsp3) is 0.130. The fourth-order valence-electron chi connectivity index (χ4n) is 3.09. The molecular weight excluding hydrogens is 412 g/mol. The zero-order valence-electron chi connectivity index (χ0n) is 17.4. The van der Waals surface area contributed by atoms with Gasteiger partial charge in [0.15, 0.2) is 6.61 Å². The first-order valence-electron chi connectivity index (χ1n) is 9.66. The van der Waals surface area contributed by atoms with Gasteiger partial charge in [0.25, 0.3) is 5.91 Å². The van der Waals surface area contributed by atoms with Crippen molar-refractivity contribution in [2.45, 2.75) is 0 Å². The number of carbonyl (C=O) groups is 2. The molecule has 4 rings (SSSR count). The van der Waals surface area contributed by atoms with Crippen LogP contribution in [0.3, 0.4) is 0 Å². The molecule has 4 aromatic rings. The molecule has 0 spiro atoms. The monoisotopic (exact) mass is 432 g/mol. The van der Waals surface area contributed by atoms with Gasteiger partial charge in [-0.1, -0.05) is 0 Å². The van der Waals surface area contributed by atoms with E-state index in [2.05, 4.69) is 20.3 Å². The summed E-state index contributed by atoms with van der Waals surface area (Å²) in [7, 11) is 3.01. The number of carbonyl (C=O) groups excluding carboxylic acids is 2. The maximum atomic E-state index is 12.5. The molecule has 0 aliphatic rings. The second-order valence-electron chi connectivity index (χ2n) is 6.75. The van der Waals surface area contributed by atoms with Gasteiger partial charge >= 0.3 is 5.97 Å². The maximum absolute atomic E-state index is 12.5. The summed E-state index contributed by atoms with van der Waals surface area (Å²) >= 11 is 0. The van der Waals surface area contributed by atoms with E-state index < -0.39 is 18.5 Å². The predicted octanol–water partition coefficient (Wildman–Crippen LogP) is 3.44. The van der Waals surface area contributed by atoms with Crippen molar-refractivity contribution in [2.24, 2.45) is 0 Å². The number of pyridine rings is 1. The molecule has 2 N–H and O–H groups in total. The number of amides is 1. The molecule has 32 heavy (non-hydrogen) atoms. The number of rotatable bonds is 7. The number of fused-ring (bicyclic) bond motifs is 1. The number of hydrogen-bond donors (Lipinski definition) is 2. The van der Waals surface area contributed by atoms with Gasteiger partial charge in [0.1, 0.15) is 17.3 Å². The number of aromatic nitrogens is 3. The summed E-state index contributed by atoms with van der Waals surface area (Å²) in [5.41, 5.74) is 2.91. The van der Waals surface area contributed by atoms with Crippen LogP contribution >= 0.6 is 0 Å². The number of hydrogen-bond acceptors (Lipinski definition) is 7. The van der Waals surface area contributed by atoms with Crippen molar-refractivity contribution < 1.29 is 23.8 Å². The number of imidazole rings is 1. The molecule has 0 saturated carbocycles. The van der Waals surface area contributed by atoms with E-state index >= 15 is 0 Å². The van der Waals surface area contributed by atoms with Crippen molar-refractivity contribution in [1.82, 2.24) is 15.0 Å². The van der Waals surface area contributed by atoms with Gasteiger partial charge in [-0.05, 0) is 42.5 Å². The van der Waals surface area contributed by atoms with E-state index in [9.17, 15) is 9.59 Å². The minimum Gasteiger partial charge on any atom is -0.497 e. The quantitative estimate of drug-likeness (QED) is 0.430. The van der Waals surface area contributed by atoms with Crippen molar-refractivity contribution in [3.63, 3.8) is 0 Å². The lowest BCUT2D eigenvalue weighted by Gasteiger charge is -2.12. The molecular formula is C23H20N4O5. The highest BCUT2D eigenvalue weighted by atomic mass is 16.5. The number of aromatic amines is 1. The summed E-state index contributed by atoms with van der Waals surface area (Å²) in [5.74, 6) is 0.519. The van der Waals surface area contributed by atoms with E-state index in [0.717, 1.165) is 5.56 Å². The van der Waals surface area contributed by atoms with Crippen LogP contribution in [0.4, 0.5) is 5.69 Å². The Morgan fingerprint density at radius 3 is 2.69 bits per heavy atom. The van der Waals surface area contributed by atoms with Crippen molar-refractivity contribution in [3.05, 3.63) is 66.5 Å². The Balaban J connectivity index is 1.42. The number of nitrogens with one attached hydrogen (secondary N) is 2. The van der Waals surface area contributed by atoms with E-state index in [1.807, 2.05) is 12.1 Å². The van der Waals surface area contributed by atoms with E-state index in [-0.39, 0.29) is 0 Å². The zero-order valence-corrected chi connectivity index (χ0v) is 17.4. The number of H-pyrrole nitrogens is 1. The Labute approximate surface area is 183 Å². The largest absolute Gasteiger partial charge is 0.497 e. The van der Waals surface area contributed by atoms with Crippen LogP contribution in [0.2, 0.25) is 0 Å². The highest BCUT2D eigenvalue weighted by Crippen LogP contribution is 2.28. The van der Waals surface area contributed by atoms with Gasteiger partial charge in [-0.2, -0.15) is 0 Å². The molecule has 0 unspecified atom stereocenters. The molecule has 0 radical (unpaired) electrons. The van der Waals surface area contributed by atoms with Gasteiger partial charge in [-0.3, -0.25) is 9.78 Å². The Hall–Kier alpha value is -4.40. The summed E-state index contributed by atoms with van der Waals surface area (Å²) < 4.78 is 15.5.